The first-order chi connectivity index (χ1) is 13.5. The van der Waals surface area contributed by atoms with Crippen LogP contribution in [0.15, 0.2) is 70.0 Å². The molecule has 4 aromatic rings. The van der Waals surface area contributed by atoms with E-state index in [0.717, 1.165) is 5.69 Å². The molecule has 0 N–H and O–H groups in total. The van der Waals surface area contributed by atoms with Gasteiger partial charge in [0.2, 0.25) is 0 Å². The SMILES string of the molecule is O=C(c1ccc2c(c1)oc(=O)n2CCc1ccccn1)c1cc(Cl)ccc1Cl. The molecule has 0 aliphatic carbocycles. The lowest BCUT2D eigenvalue weighted by molar-refractivity contribution is 0.103. The van der Waals surface area contributed by atoms with E-state index in [2.05, 4.69) is 4.98 Å². The van der Waals surface area contributed by atoms with E-state index >= 15 is 0 Å². The van der Waals surface area contributed by atoms with Crippen LogP contribution in [0, 0.1) is 0 Å². The van der Waals surface area contributed by atoms with Gasteiger partial charge in [-0.25, -0.2) is 4.79 Å². The molecule has 0 amide bonds. The van der Waals surface area contributed by atoms with E-state index in [0.29, 0.717) is 45.2 Å². The molecule has 0 aliphatic heterocycles. The van der Waals surface area contributed by atoms with Crippen molar-refractivity contribution in [3.05, 3.63) is 98.2 Å². The van der Waals surface area contributed by atoms with Crippen molar-refractivity contribution in [1.82, 2.24) is 9.55 Å². The van der Waals surface area contributed by atoms with Crippen molar-refractivity contribution in [3.8, 4) is 0 Å². The number of benzene rings is 2. The third-order valence-electron chi connectivity index (χ3n) is 4.42. The van der Waals surface area contributed by atoms with Crippen molar-refractivity contribution in [2.75, 3.05) is 0 Å². The Balaban J connectivity index is 1.66. The maximum Gasteiger partial charge on any atom is 0.419 e. The predicted molar refractivity (Wildman–Crippen MR) is 108 cm³/mol. The molecule has 5 nitrogen and oxygen atoms in total. The zero-order chi connectivity index (χ0) is 19.7. The Morgan fingerprint density at radius 1 is 1.07 bits per heavy atom. The van der Waals surface area contributed by atoms with Gasteiger partial charge in [0, 0.05) is 41.0 Å². The number of hydrogen-bond acceptors (Lipinski definition) is 4. The third-order valence-corrected chi connectivity index (χ3v) is 4.99. The van der Waals surface area contributed by atoms with Crippen LogP contribution in [0.1, 0.15) is 21.6 Å². The van der Waals surface area contributed by atoms with Crippen LogP contribution in [0.3, 0.4) is 0 Å². The Hall–Kier alpha value is -2.89. The lowest BCUT2D eigenvalue weighted by atomic mass is 10.0. The van der Waals surface area contributed by atoms with Crippen LogP contribution in [0.4, 0.5) is 0 Å². The second-order valence-corrected chi connectivity index (χ2v) is 7.07. The Bertz CT molecular complexity index is 1230. The number of hydrogen-bond donors (Lipinski definition) is 0. The number of rotatable bonds is 5. The summed E-state index contributed by atoms with van der Waals surface area (Å²) in [5.74, 6) is -0.769. The zero-order valence-corrected chi connectivity index (χ0v) is 16.1. The zero-order valence-electron chi connectivity index (χ0n) is 14.6. The molecular weight excluding hydrogens is 399 g/mol. The van der Waals surface area contributed by atoms with Gasteiger partial charge in [0.05, 0.1) is 10.5 Å². The van der Waals surface area contributed by atoms with Gasteiger partial charge in [0.25, 0.3) is 0 Å². The second kappa shape index (κ2) is 7.62. The van der Waals surface area contributed by atoms with Crippen LogP contribution in [0.25, 0.3) is 11.1 Å². The number of oxazole rings is 1. The quantitative estimate of drug-likeness (QED) is 0.442. The van der Waals surface area contributed by atoms with E-state index in [-0.39, 0.29) is 5.78 Å². The maximum absolute atomic E-state index is 12.8. The summed E-state index contributed by atoms with van der Waals surface area (Å²) in [5, 5.41) is 0.727. The van der Waals surface area contributed by atoms with E-state index in [9.17, 15) is 9.59 Å². The van der Waals surface area contributed by atoms with E-state index in [1.54, 1.807) is 36.5 Å². The highest BCUT2D eigenvalue weighted by atomic mass is 35.5. The highest BCUT2D eigenvalue weighted by Gasteiger charge is 2.17. The van der Waals surface area contributed by atoms with E-state index in [4.69, 9.17) is 27.6 Å². The van der Waals surface area contributed by atoms with E-state index in [1.165, 1.54) is 10.6 Å². The van der Waals surface area contributed by atoms with Crippen LogP contribution in [0.2, 0.25) is 10.0 Å². The molecule has 7 heteroatoms. The summed E-state index contributed by atoms with van der Waals surface area (Å²) in [4.78, 5) is 29.3. The van der Waals surface area contributed by atoms with E-state index < -0.39 is 5.76 Å². The summed E-state index contributed by atoms with van der Waals surface area (Å²) < 4.78 is 6.88. The van der Waals surface area contributed by atoms with Gasteiger partial charge in [-0.2, -0.15) is 0 Å². The molecule has 0 atom stereocenters. The molecule has 0 saturated carbocycles. The summed E-state index contributed by atoms with van der Waals surface area (Å²) in [7, 11) is 0. The molecular formula is C21H14Cl2N2O3. The molecule has 2 aromatic carbocycles. The summed E-state index contributed by atoms with van der Waals surface area (Å²) in [6.07, 6.45) is 2.30. The fourth-order valence-corrected chi connectivity index (χ4v) is 3.39. The van der Waals surface area contributed by atoms with Gasteiger partial charge in [-0.15, -0.1) is 0 Å². The molecule has 0 bridgehead atoms. The average molecular weight is 413 g/mol. The number of nitrogens with zero attached hydrogens (tertiary/aromatic N) is 2. The van der Waals surface area contributed by atoms with Gasteiger partial charge in [-0.3, -0.25) is 14.3 Å². The molecule has 28 heavy (non-hydrogen) atoms. The van der Waals surface area contributed by atoms with Crippen molar-refractivity contribution in [3.63, 3.8) is 0 Å². The van der Waals surface area contributed by atoms with Crippen LogP contribution >= 0.6 is 23.2 Å². The minimum Gasteiger partial charge on any atom is -0.408 e. The molecule has 0 spiro atoms. The normalized spacial score (nSPS) is 11.1. The predicted octanol–water partition coefficient (Wildman–Crippen LogP) is 4.77. The number of carbonyl (C=O) groups excluding carboxylic acids is 1. The fourth-order valence-electron chi connectivity index (χ4n) is 3.02. The molecule has 4 rings (SSSR count). The van der Waals surface area contributed by atoms with Gasteiger partial charge < -0.3 is 4.42 Å². The maximum atomic E-state index is 12.8. The summed E-state index contributed by atoms with van der Waals surface area (Å²) >= 11 is 12.1. The van der Waals surface area contributed by atoms with Crippen molar-refractivity contribution >= 4 is 40.1 Å². The molecule has 0 aliphatic rings. The van der Waals surface area contributed by atoms with E-state index in [1.807, 2.05) is 18.2 Å². The smallest absolute Gasteiger partial charge is 0.408 e. The van der Waals surface area contributed by atoms with Crippen molar-refractivity contribution in [2.45, 2.75) is 13.0 Å². The largest absolute Gasteiger partial charge is 0.419 e. The van der Waals surface area contributed by atoms with Crippen LogP contribution in [-0.2, 0) is 13.0 Å². The Morgan fingerprint density at radius 3 is 2.71 bits per heavy atom. The minimum absolute atomic E-state index is 0.293. The number of aryl methyl sites for hydroxylation is 2. The molecule has 140 valence electrons. The van der Waals surface area contributed by atoms with Crippen molar-refractivity contribution in [2.24, 2.45) is 0 Å². The molecule has 0 saturated heterocycles. The Morgan fingerprint density at radius 2 is 1.93 bits per heavy atom. The van der Waals surface area contributed by atoms with Crippen LogP contribution in [-0.4, -0.2) is 15.3 Å². The summed E-state index contributed by atoms with van der Waals surface area (Å²) in [6, 6.07) is 15.2. The van der Waals surface area contributed by atoms with Gasteiger partial charge in [-0.05, 0) is 48.5 Å². The molecule has 2 heterocycles. The summed E-state index contributed by atoms with van der Waals surface area (Å²) in [5.41, 5.74) is 2.50. The number of carbonyl (C=O) groups is 1. The number of ketones is 1. The highest BCUT2D eigenvalue weighted by Crippen LogP contribution is 2.25. The van der Waals surface area contributed by atoms with Crippen molar-refractivity contribution in [1.29, 1.82) is 0 Å². The standard InChI is InChI=1S/C21H14Cl2N2O3/c22-14-5-6-17(23)16(12-14)20(26)13-4-7-18-19(11-13)28-21(27)25(18)10-8-15-3-1-2-9-24-15/h1-7,9,11-12H,8,10H2. The van der Waals surface area contributed by atoms with Gasteiger partial charge in [0.1, 0.15) is 0 Å². The number of fused-ring (bicyclic) bond motifs is 1. The monoisotopic (exact) mass is 412 g/mol. The molecule has 0 unspecified atom stereocenters. The topological polar surface area (TPSA) is 65.1 Å². The molecule has 2 aromatic heterocycles. The molecule has 0 radical (unpaired) electrons. The lowest BCUT2D eigenvalue weighted by Crippen LogP contribution is -2.15. The first-order valence-corrected chi connectivity index (χ1v) is 9.31. The lowest BCUT2D eigenvalue weighted by Gasteiger charge is -2.05. The van der Waals surface area contributed by atoms with Gasteiger partial charge >= 0.3 is 5.76 Å². The third kappa shape index (κ3) is 3.59. The molecule has 0 fully saturated rings. The number of halogens is 2. The van der Waals surface area contributed by atoms with Crippen LogP contribution in [0.5, 0.6) is 0 Å². The fraction of sp³-hybridized carbons (Fsp3) is 0.0952. The number of pyridine rings is 1. The van der Waals surface area contributed by atoms with Gasteiger partial charge in [0.15, 0.2) is 11.4 Å². The number of aromatic nitrogens is 2. The minimum atomic E-state index is -0.476. The Labute approximate surface area is 170 Å². The van der Waals surface area contributed by atoms with Gasteiger partial charge in [-0.1, -0.05) is 29.3 Å². The van der Waals surface area contributed by atoms with Crippen LogP contribution < -0.4 is 5.76 Å². The highest BCUT2D eigenvalue weighted by molar-refractivity contribution is 6.36. The second-order valence-electron chi connectivity index (χ2n) is 6.23. The Kier molecular flexibility index (Phi) is 5.03. The average Bonchev–Trinajstić information content (AvgIpc) is 3.02. The summed E-state index contributed by atoms with van der Waals surface area (Å²) in [6.45, 7) is 0.427. The first-order valence-electron chi connectivity index (χ1n) is 8.56. The first kappa shape index (κ1) is 18.5. The van der Waals surface area contributed by atoms with Crippen molar-refractivity contribution < 1.29 is 9.21 Å².